The van der Waals surface area contributed by atoms with Crippen molar-refractivity contribution in [3.63, 3.8) is 0 Å². The second-order valence-corrected chi connectivity index (χ2v) is 8.34. The molecule has 31 heavy (non-hydrogen) atoms. The van der Waals surface area contributed by atoms with Gasteiger partial charge in [0.1, 0.15) is 17.5 Å². The molecule has 1 unspecified atom stereocenters. The summed E-state index contributed by atoms with van der Waals surface area (Å²) in [5.41, 5.74) is 2.02. The number of aliphatic hydroxyl groups is 1. The number of ether oxygens (including phenoxy) is 1. The Morgan fingerprint density at radius 2 is 1.77 bits per heavy atom. The van der Waals surface area contributed by atoms with Crippen molar-refractivity contribution in [2.75, 3.05) is 36.5 Å². The Labute approximate surface area is 179 Å². The van der Waals surface area contributed by atoms with Crippen molar-refractivity contribution in [3.05, 3.63) is 59.3 Å². The molecular formula is C23H26F2N4O2. The summed E-state index contributed by atoms with van der Waals surface area (Å²) in [4.78, 5) is 11.6. The molecule has 2 N–H and O–H groups in total. The van der Waals surface area contributed by atoms with Crippen LogP contribution in [0.3, 0.4) is 0 Å². The van der Waals surface area contributed by atoms with Crippen molar-refractivity contribution in [2.45, 2.75) is 32.4 Å². The summed E-state index contributed by atoms with van der Waals surface area (Å²) in [6.07, 6.45) is 1.73. The fourth-order valence-corrected chi connectivity index (χ4v) is 3.73. The number of fused-ring (bicyclic) bond motifs is 1. The van der Waals surface area contributed by atoms with Gasteiger partial charge in [-0.25, -0.2) is 13.8 Å². The number of nitrogens with one attached hydrogen (secondary N) is 1. The highest BCUT2D eigenvalue weighted by Gasteiger charge is 2.23. The van der Waals surface area contributed by atoms with Gasteiger partial charge in [0.15, 0.2) is 0 Å². The van der Waals surface area contributed by atoms with Gasteiger partial charge >= 0.3 is 0 Å². The van der Waals surface area contributed by atoms with Crippen LogP contribution >= 0.6 is 0 Å². The van der Waals surface area contributed by atoms with Crippen LogP contribution in [0.25, 0.3) is 11.0 Å². The Hall–Kier alpha value is -2.84. The monoisotopic (exact) mass is 428 g/mol. The minimum Gasteiger partial charge on any atom is -0.386 e. The average molecular weight is 428 g/mol. The summed E-state index contributed by atoms with van der Waals surface area (Å²) in [6, 6.07) is 6.66. The molecule has 0 aliphatic carbocycles. The van der Waals surface area contributed by atoms with Gasteiger partial charge in [0.2, 0.25) is 0 Å². The molecule has 1 aromatic heterocycles. The number of benzene rings is 2. The molecule has 6 nitrogen and oxygen atoms in total. The zero-order valence-corrected chi connectivity index (χ0v) is 17.8. The van der Waals surface area contributed by atoms with Crippen LogP contribution in [0.4, 0.5) is 20.3 Å². The molecular weight excluding hydrogens is 402 g/mol. The molecule has 0 spiro atoms. The molecule has 1 atom stereocenters. The van der Waals surface area contributed by atoms with Crippen LogP contribution in [0.5, 0.6) is 0 Å². The lowest BCUT2D eigenvalue weighted by Crippen LogP contribution is -2.36. The van der Waals surface area contributed by atoms with Crippen LogP contribution in [-0.2, 0) is 10.3 Å². The second kappa shape index (κ2) is 8.36. The van der Waals surface area contributed by atoms with Gasteiger partial charge in [-0.15, -0.1) is 0 Å². The lowest BCUT2D eigenvalue weighted by Gasteiger charge is -2.28. The third-order valence-electron chi connectivity index (χ3n) is 5.42. The summed E-state index contributed by atoms with van der Waals surface area (Å²) in [7, 11) is 0. The molecule has 2 heterocycles. The van der Waals surface area contributed by atoms with E-state index in [9.17, 15) is 13.9 Å². The summed E-state index contributed by atoms with van der Waals surface area (Å²) in [5, 5.41) is 13.7. The first-order chi connectivity index (χ1) is 14.7. The Morgan fingerprint density at radius 1 is 1.10 bits per heavy atom. The molecule has 0 saturated carbocycles. The highest BCUT2D eigenvalue weighted by atomic mass is 19.1. The predicted octanol–water partition coefficient (Wildman–Crippen LogP) is 4.15. The van der Waals surface area contributed by atoms with Gasteiger partial charge in [-0.05, 0) is 50.6 Å². The van der Waals surface area contributed by atoms with Crippen molar-refractivity contribution >= 4 is 22.5 Å². The van der Waals surface area contributed by atoms with E-state index in [0.29, 0.717) is 35.5 Å². The van der Waals surface area contributed by atoms with Crippen LogP contribution in [0.2, 0.25) is 0 Å². The second-order valence-electron chi connectivity index (χ2n) is 8.34. The molecule has 8 heteroatoms. The Kier molecular flexibility index (Phi) is 5.77. The molecule has 3 aromatic rings. The smallest absolute Gasteiger partial charge is 0.148 e. The summed E-state index contributed by atoms with van der Waals surface area (Å²) < 4.78 is 32.7. The third kappa shape index (κ3) is 4.75. The van der Waals surface area contributed by atoms with Crippen LogP contribution in [0.1, 0.15) is 37.9 Å². The number of rotatable bonds is 5. The van der Waals surface area contributed by atoms with E-state index in [1.54, 1.807) is 20.0 Å². The predicted molar refractivity (Wildman–Crippen MR) is 116 cm³/mol. The van der Waals surface area contributed by atoms with Crippen molar-refractivity contribution in [1.29, 1.82) is 0 Å². The minimum absolute atomic E-state index is 0.323. The van der Waals surface area contributed by atoms with E-state index in [2.05, 4.69) is 15.2 Å². The zero-order valence-electron chi connectivity index (χ0n) is 17.8. The zero-order chi connectivity index (χ0) is 22.2. The van der Waals surface area contributed by atoms with E-state index in [1.807, 2.05) is 19.1 Å². The normalized spacial score (nSPS) is 15.9. The highest BCUT2D eigenvalue weighted by Crippen LogP contribution is 2.32. The van der Waals surface area contributed by atoms with Crippen molar-refractivity contribution in [3.8, 4) is 0 Å². The fourth-order valence-electron chi connectivity index (χ4n) is 3.73. The van der Waals surface area contributed by atoms with Gasteiger partial charge in [0, 0.05) is 30.4 Å². The van der Waals surface area contributed by atoms with Crippen molar-refractivity contribution in [1.82, 2.24) is 9.97 Å². The SMILES string of the molecule is CC(Nc1cc(F)cc(F)c1)c1cc(C(C)(C)O)cc2ncc(N3CCOCC3)nc12. The molecule has 2 aromatic carbocycles. The maximum atomic E-state index is 13.7. The van der Waals surface area contributed by atoms with Gasteiger partial charge in [-0.1, -0.05) is 0 Å². The first-order valence-electron chi connectivity index (χ1n) is 10.3. The van der Waals surface area contributed by atoms with E-state index in [4.69, 9.17) is 9.72 Å². The number of aromatic nitrogens is 2. The number of hydrogen-bond donors (Lipinski definition) is 2. The lowest BCUT2D eigenvalue weighted by molar-refractivity contribution is 0.0786. The van der Waals surface area contributed by atoms with Gasteiger partial charge in [-0.2, -0.15) is 0 Å². The molecule has 0 bridgehead atoms. The Bertz CT molecular complexity index is 1070. The number of morpholine rings is 1. The fraction of sp³-hybridized carbons (Fsp3) is 0.391. The highest BCUT2D eigenvalue weighted by molar-refractivity contribution is 5.81. The van der Waals surface area contributed by atoms with Crippen LogP contribution in [0, 0.1) is 11.6 Å². The molecule has 4 rings (SSSR count). The van der Waals surface area contributed by atoms with Gasteiger partial charge < -0.3 is 20.1 Å². The Balaban J connectivity index is 1.79. The van der Waals surface area contributed by atoms with Gasteiger partial charge in [0.05, 0.1) is 42.1 Å². The number of nitrogens with zero attached hydrogens (tertiary/aromatic N) is 3. The van der Waals surface area contributed by atoms with Gasteiger partial charge in [0.25, 0.3) is 0 Å². The van der Waals surface area contributed by atoms with E-state index >= 15 is 0 Å². The molecule has 0 radical (unpaired) electrons. The molecule has 164 valence electrons. The van der Waals surface area contributed by atoms with E-state index in [-0.39, 0.29) is 6.04 Å². The molecule has 1 saturated heterocycles. The number of hydrogen-bond acceptors (Lipinski definition) is 6. The minimum atomic E-state index is -1.09. The quantitative estimate of drug-likeness (QED) is 0.636. The standard InChI is InChI=1S/C23H26F2N4O2/c1-14(27-18-11-16(24)10-17(25)12-18)19-8-15(23(2,3)30)9-20-22(19)28-21(13-26-20)29-4-6-31-7-5-29/h8-14,27,30H,4-7H2,1-3H3. The van der Waals surface area contributed by atoms with Crippen molar-refractivity contribution in [2.24, 2.45) is 0 Å². The first-order valence-corrected chi connectivity index (χ1v) is 10.3. The largest absolute Gasteiger partial charge is 0.386 e. The lowest BCUT2D eigenvalue weighted by atomic mass is 9.93. The third-order valence-corrected chi connectivity index (χ3v) is 5.42. The molecule has 1 aliphatic heterocycles. The molecule has 1 fully saturated rings. The maximum Gasteiger partial charge on any atom is 0.148 e. The maximum absolute atomic E-state index is 13.7. The molecule has 0 amide bonds. The number of anilines is 2. The van der Waals surface area contributed by atoms with E-state index in [1.165, 1.54) is 12.1 Å². The summed E-state index contributed by atoms with van der Waals surface area (Å²) in [6.45, 7) is 8.01. The summed E-state index contributed by atoms with van der Waals surface area (Å²) >= 11 is 0. The van der Waals surface area contributed by atoms with E-state index < -0.39 is 17.2 Å². The molecule has 1 aliphatic rings. The van der Waals surface area contributed by atoms with Crippen molar-refractivity contribution < 1.29 is 18.6 Å². The first kappa shape index (κ1) is 21.4. The van der Waals surface area contributed by atoms with Crippen LogP contribution in [-0.4, -0.2) is 41.4 Å². The van der Waals surface area contributed by atoms with Crippen LogP contribution in [0.15, 0.2) is 36.5 Å². The number of halogens is 2. The summed E-state index contributed by atoms with van der Waals surface area (Å²) in [5.74, 6) is -0.560. The van der Waals surface area contributed by atoms with Gasteiger partial charge in [-0.3, -0.25) is 4.98 Å². The Morgan fingerprint density at radius 3 is 2.42 bits per heavy atom. The topological polar surface area (TPSA) is 70.5 Å². The van der Waals surface area contributed by atoms with Crippen LogP contribution < -0.4 is 10.2 Å². The van der Waals surface area contributed by atoms with E-state index in [0.717, 1.165) is 30.5 Å². The average Bonchev–Trinajstić information content (AvgIpc) is 2.71.